The minimum absolute atomic E-state index is 0.222. The van der Waals surface area contributed by atoms with E-state index in [9.17, 15) is 15.3 Å². The van der Waals surface area contributed by atoms with Crippen LogP contribution in [0.25, 0.3) is 0 Å². The average Bonchev–Trinajstić information content (AvgIpc) is 2.43. The van der Waals surface area contributed by atoms with Gasteiger partial charge < -0.3 is 36.4 Å². The van der Waals surface area contributed by atoms with Crippen molar-refractivity contribution in [1.82, 2.24) is 0 Å². The Morgan fingerprint density at radius 3 is 1.39 bits per heavy atom. The van der Waals surface area contributed by atoms with Crippen LogP contribution in [0.1, 0.15) is 12.8 Å². The highest BCUT2D eigenvalue weighted by molar-refractivity contribution is 4.90. The Bertz CT molecular complexity index is 201. The molecule has 18 heavy (non-hydrogen) atoms. The average molecular weight is 267 g/mol. The van der Waals surface area contributed by atoms with Crippen LogP contribution in [-0.2, 0) is 0 Å². The van der Waals surface area contributed by atoms with Crippen LogP contribution in [0.3, 0.4) is 0 Å². The smallest absolute Gasteiger partial charge is 0.0547 e. The molecule has 7 nitrogen and oxygen atoms in total. The van der Waals surface area contributed by atoms with E-state index in [-0.39, 0.29) is 12.8 Å². The summed E-state index contributed by atoms with van der Waals surface area (Å²) in [6.07, 6.45) is 0.461. The van der Waals surface area contributed by atoms with Crippen LogP contribution in [0, 0.1) is 10.8 Å². The molecule has 0 aromatic carbocycles. The molecule has 0 bridgehead atoms. The summed E-state index contributed by atoms with van der Waals surface area (Å²) in [6.45, 7) is -2.58. The van der Waals surface area contributed by atoms with Gasteiger partial charge in [-0.1, -0.05) is 0 Å². The lowest BCUT2D eigenvalue weighted by Crippen LogP contribution is -2.51. The molecule has 0 spiro atoms. The van der Waals surface area contributed by atoms with E-state index in [0.29, 0.717) is 0 Å². The van der Waals surface area contributed by atoms with Crippen LogP contribution in [0.15, 0.2) is 0 Å². The summed E-state index contributed by atoms with van der Waals surface area (Å²) in [5.41, 5.74) is 3.59. The Kier molecular flexibility index (Phi) is 7.88. The molecule has 8 N–H and O–H groups in total. The molecule has 0 aliphatic rings. The molecule has 0 rings (SSSR count). The molecule has 0 aliphatic heterocycles. The lowest BCUT2D eigenvalue weighted by Gasteiger charge is -2.36. The molecular formula is C11H25NO6. The van der Waals surface area contributed by atoms with E-state index in [1.807, 2.05) is 0 Å². The Hall–Kier alpha value is -0.280. The molecule has 0 saturated heterocycles. The molecule has 7 heteroatoms. The topological polar surface area (TPSA) is 147 Å². The molecular weight excluding hydrogens is 242 g/mol. The first-order valence-electron chi connectivity index (χ1n) is 5.90. The maximum Gasteiger partial charge on any atom is 0.0547 e. The lowest BCUT2D eigenvalue weighted by molar-refractivity contribution is -0.0316. The second-order valence-corrected chi connectivity index (χ2v) is 4.96. The molecule has 0 fully saturated rings. The fourth-order valence-corrected chi connectivity index (χ4v) is 1.66. The second-order valence-electron chi connectivity index (χ2n) is 4.96. The lowest BCUT2D eigenvalue weighted by atomic mass is 9.76. The monoisotopic (exact) mass is 267 g/mol. The molecule has 0 aromatic rings. The van der Waals surface area contributed by atoms with Crippen molar-refractivity contribution in [3.05, 3.63) is 0 Å². The molecule has 110 valence electrons. The molecule has 0 amide bonds. The van der Waals surface area contributed by atoms with Gasteiger partial charge in [-0.15, -0.1) is 0 Å². The molecule has 0 aliphatic carbocycles. The zero-order chi connectivity index (χ0) is 14.2. The number of rotatable bonds is 10. The predicted molar refractivity (Wildman–Crippen MR) is 64.6 cm³/mol. The van der Waals surface area contributed by atoms with Gasteiger partial charge in [0.2, 0.25) is 0 Å². The van der Waals surface area contributed by atoms with E-state index in [0.717, 1.165) is 0 Å². The molecule has 1 unspecified atom stereocenters. The van der Waals surface area contributed by atoms with E-state index in [4.69, 9.17) is 21.1 Å². The molecule has 0 radical (unpaired) electrons. The van der Waals surface area contributed by atoms with E-state index in [1.54, 1.807) is 0 Å². The zero-order valence-corrected chi connectivity index (χ0v) is 10.5. The second kappa shape index (κ2) is 8.00. The third-order valence-corrected chi connectivity index (χ3v) is 3.72. The third-order valence-electron chi connectivity index (χ3n) is 3.72. The van der Waals surface area contributed by atoms with Crippen molar-refractivity contribution in [3.63, 3.8) is 0 Å². The summed E-state index contributed by atoms with van der Waals surface area (Å²) in [6, 6.07) is -0.707. The summed E-state index contributed by atoms with van der Waals surface area (Å²) in [7, 11) is 0. The predicted octanol–water partition coefficient (Wildman–Crippen LogP) is -2.98. The summed E-state index contributed by atoms with van der Waals surface area (Å²) < 4.78 is 0. The van der Waals surface area contributed by atoms with Crippen molar-refractivity contribution >= 4 is 0 Å². The third kappa shape index (κ3) is 3.86. The van der Waals surface area contributed by atoms with Crippen molar-refractivity contribution in [1.29, 1.82) is 0 Å². The zero-order valence-electron chi connectivity index (χ0n) is 10.5. The number of aliphatic hydroxyl groups is 6. The number of hydrogen-bond donors (Lipinski definition) is 7. The first-order chi connectivity index (χ1) is 8.49. The van der Waals surface area contributed by atoms with Gasteiger partial charge in [-0.2, -0.15) is 0 Å². The van der Waals surface area contributed by atoms with E-state index in [1.165, 1.54) is 0 Å². The van der Waals surface area contributed by atoms with Gasteiger partial charge >= 0.3 is 0 Å². The van der Waals surface area contributed by atoms with Crippen molar-refractivity contribution in [2.75, 3.05) is 39.6 Å². The fraction of sp³-hybridized carbons (Fsp3) is 1.00. The van der Waals surface area contributed by atoms with Crippen LogP contribution in [0.4, 0.5) is 0 Å². The van der Waals surface area contributed by atoms with Gasteiger partial charge in [0.25, 0.3) is 0 Å². The van der Waals surface area contributed by atoms with Gasteiger partial charge in [-0.3, -0.25) is 0 Å². The largest absolute Gasteiger partial charge is 0.396 e. The number of nitrogens with two attached hydrogens (primary N) is 1. The Morgan fingerprint density at radius 2 is 1.11 bits per heavy atom. The standard InChI is InChI=1S/C11H25NO6/c12-9(11(6-16,7-17)8-18)1-2-10(3-13,4-14)5-15/h9,13-18H,1-8,12H2. The Labute approximate surface area is 106 Å². The normalized spacial score (nSPS) is 14.8. The van der Waals surface area contributed by atoms with Crippen LogP contribution >= 0.6 is 0 Å². The highest BCUT2D eigenvalue weighted by Gasteiger charge is 2.37. The van der Waals surface area contributed by atoms with Crippen LogP contribution in [0.2, 0.25) is 0 Å². The summed E-state index contributed by atoms with van der Waals surface area (Å²) in [5.74, 6) is 0. The minimum atomic E-state index is -1.20. The molecule has 0 saturated carbocycles. The van der Waals surface area contributed by atoms with E-state index in [2.05, 4.69) is 0 Å². The van der Waals surface area contributed by atoms with E-state index < -0.39 is 56.5 Å². The Morgan fingerprint density at radius 1 is 0.722 bits per heavy atom. The van der Waals surface area contributed by atoms with Crippen molar-refractivity contribution in [3.8, 4) is 0 Å². The molecule has 0 aromatic heterocycles. The number of aliphatic hydroxyl groups excluding tert-OH is 6. The van der Waals surface area contributed by atoms with Crippen LogP contribution in [-0.4, -0.2) is 76.3 Å². The molecule has 0 heterocycles. The molecule has 1 atom stereocenters. The Balaban J connectivity index is 4.60. The number of hydrogen-bond acceptors (Lipinski definition) is 7. The first-order valence-corrected chi connectivity index (χ1v) is 5.90. The van der Waals surface area contributed by atoms with Gasteiger partial charge in [0.15, 0.2) is 0 Å². The van der Waals surface area contributed by atoms with Crippen LogP contribution < -0.4 is 5.73 Å². The van der Waals surface area contributed by atoms with Gasteiger partial charge in [0.05, 0.1) is 45.1 Å². The summed E-state index contributed by atoms with van der Waals surface area (Å²) in [4.78, 5) is 0. The highest BCUT2D eigenvalue weighted by Crippen LogP contribution is 2.28. The highest BCUT2D eigenvalue weighted by atomic mass is 16.3. The van der Waals surface area contributed by atoms with Crippen LogP contribution in [0.5, 0.6) is 0 Å². The summed E-state index contributed by atoms with van der Waals surface area (Å²) >= 11 is 0. The van der Waals surface area contributed by atoms with Gasteiger partial charge in [0.1, 0.15) is 0 Å². The van der Waals surface area contributed by atoms with Gasteiger partial charge in [0, 0.05) is 11.5 Å². The first kappa shape index (κ1) is 17.7. The quantitative estimate of drug-likeness (QED) is 0.223. The maximum atomic E-state index is 9.20. The minimum Gasteiger partial charge on any atom is -0.396 e. The SMILES string of the molecule is NC(CCC(CO)(CO)CO)C(CO)(CO)CO. The van der Waals surface area contributed by atoms with Gasteiger partial charge in [-0.25, -0.2) is 0 Å². The van der Waals surface area contributed by atoms with Crippen molar-refractivity contribution < 1.29 is 30.6 Å². The van der Waals surface area contributed by atoms with Crippen molar-refractivity contribution in [2.24, 2.45) is 16.6 Å². The van der Waals surface area contributed by atoms with E-state index >= 15 is 0 Å². The van der Waals surface area contributed by atoms with Gasteiger partial charge in [-0.05, 0) is 12.8 Å². The fourth-order valence-electron chi connectivity index (χ4n) is 1.66. The van der Waals surface area contributed by atoms with Crippen molar-refractivity contribution in [2.45, 2.75) is 18.9 Å². The maximum absolute atomic E-state index is 9.20. The summed E-state index contributed by atoms with van der Waals surface area (Å²) in [5, 5.41) is 55.1.